The van der Waals surface area contributed by atoms with E-state index in [1.807, 2.05) is 54.6 Å². The molecule has 0 spiro atoms. The van der Waals surface area contributed by atoms with Crippen molar-refractivity contribution >= 4 is 27.5 Å². The van der Waals surface area contributed by atoms with Crippen molar-refractivity contribution in [2.75, 3.05) is 6.79 Å². The van der Waals surface area contributed by atoms with Crippen molar-refractivity contribution in [1.82, 2.24) is 0 Å². The molecular weight excluding hydrogens is 689 g/mol. The molecule has 0 unspecified atom stereocenters. The van der Waals surface area contributed by atoms with Crippen LogP contribution in [0, 0.1) is 11.8 Å². The number of carbonyl (C=O) groups excluding carboxylic acids is 1. The van der Waals surface area contributed by atoms with Gasteiger partial charge in [0, 0.05) is 11.1 Å². The molecule has 4 heteroatoms. The van der Waals surface area contributed by atoms with E-state index < -0.39 is 5.97 Å². The molecule has 6 aromatic carbocycles. The van der Waals surface area contributed by atoms with Gasteiger partial charge in [0.25, 0.3) is 0 Å². The number of rotatable bonds is 13. The standard InChI is InChI=1S/C52H56O4/c1-3-9-36-15-19-38(20-16-36)40-23-29-44(30-24-40)54-35-55-49-34-28-43-12-6-8-14-47(43)51(49)50-46-13-7-5-11-42(46)27-33-48(50)52(53)56-45-31-25-41(26-32-45)39-21-17-37(10-4-2)18-22-39/h5-8,11-14,23-34,36-39H,3-4,9-10,15-22,35H2,1-2H3. The molecule has 8 rings (SSSR count). The lowest BCUT2D eigenvalue weighted by Crippen LogP contribution is -2.13. The van der Waals surface area contributed by atoms with Crippen LogP contribution in [0.3, 0.4) is 0 Å². The van der Waals surface area contributed by atoms with E-state index in [0.717, 1.165) is 50.3 Å². The predicted octanol–water partition coefficient (Wildman–Crippen LogP) is 14.4. The second-order valence-corrected chi connectivity index (χ2v) is 16.3. The van der Waals surface area contributed by atoms with Crippen molar-refractivity contribution < 1.29 is 19.0 Å². The lowest BCUT2D eigenvalue weighted by molar-refractivity contribution is 0.0735. The van der Waals surface area contributed by atoms with Crippen molar-refractivity contribution in [3.63, 3.8) is 0 Å². The highest BCUT2D eigenvalue weighted by Gasteiger charge is 2.25. The average molecular weight is 745 g/mol. The molecule has 0 atom stereocenters. The van der Waals surface area contributed by atoms with Gasteiger partial charge in [-0.2, -0.15) is 0 Å². The van der Waals surface area contributed by atoms with Crippen LogP contribution in [0.5, 0.6) is 17.2 Å². The first-order valence-electron chi connectivity index (χ1n) is 21.3. The Hall–Kier alpha value is -5.09. The van der Waals surface area contributed by atoms with E-state index in [4.69, 9.17) is 14.2 Å². The number of fused-ring (bicyclic) bond motifs is 2. The molecule has 0 aliphatic heterocycles. The summed E-state index contributed by atoms with van der Waals surface area (Å²) in [6.45, 7) is 4.62. The second-order valence-electron chi connectivity index (χ2n) is 16.3. The lowest BCUT2D eigenvalue weighted by atomic mass is 9.77. The quantitative estimate of drug-likeness (QED) is 0.0671. The molecule has 2 saturated carbocycles. The minimum absolute atomic E-state index is 0.0317. The second kappa shape index (κ2) is 17.8. The van der Waals surface area contributed by atoms with E-state index in [1.54, 1.807) is 0 Å². The van der Waals surface area contributed by atoms with Gasteiger partial charge in [0.2, 0.25) is 6.79 Å². The van der Waals surface area contributed by atoms with Crippen molar-refractivity contribution in [2.45, 2.75) is 103 Å². The molecule has 0 bridgehead atoms. The van der Waals surface area contributed by atoms with Gasteiger partial charge in [0.05, 0.1) is 5.56 Å². The van der Waals surface area contributed by atoms with E-state index >= 15 is 0 Å². The average Bonchev–Trinajstić information content (AvgIpc) is 3.24. The van der Waals surface area contributed by atoms with Crippen molar-refractivity contribution in [3.05, 3.63) is 138 Å². The third kappa shape index (κ3) is 8.50. The van der Waals surface area contributed by atoms with Gasteiger partial charge in [-0.25, -0.2) is 4.79 Å². The molecule has 0 saturated heterocycles. The Morgan fingerprint density at radius 1 is 0.518 bits per heavy atom. The fraction of sp³-hybridized carbons (Fsp3) is 0.365. The van der Waals surface area contributed by atoms with Gasteiger partial charge in [-0.1, -0.05) is 124 Å². The van der Waals surface area contributed by atoms with Crippen LogP contribution >= 0.6 is 0 Å². The number of carbonyl (C=O) groups is 1. The molecule has 2 fully saturated rings. The molecule has 2 aliphatic carbocycles. The maximum Gasteiger partial charge on any atom is 0.344 e. The smallest absolute Gasteiger partial charge is 0.344 e. The van der Waals surface area contributed by atoms with Gasteiger partial charge in [-0.05, 0) is 144 Å². The zero-order valence-corrected chi connectivity index (χ0v) is 33.2. The molecular formula is C52H56O4. The molecule has 0 heterocycles. The highest BCUT2D eigenvalue weighted by atomic mass is 16.7. The van der Waals surface area contributed by atoms with Crippen LogP contribution in [0.2, 0.25) is 0 Å². The first-order valence-corrected chi connectivity index (χ1v) is 21.3. The fourth-order valence-electron chi connectivity index (χ4n) is 9.69. The van der Waals surface area contributed by atoms with Gasteiger partial charge in [-0.3, -0.25) is 0 Å². The highest BCUT2D eigenvalue weighted by Crippen LogP contribution is 2.44. The summed E-state index contributed by atoms with van der Waals surface area (Å²) < 4.78 is 18.9. The monoisotopic (exact) mass is 744 g/mol. The number of ether oxygens (including phenoxy) is 3. The Bertz CT molecular complexity index is 2220. The summed E-state index contributed by atoms with van der Waals surface area (Å²) in [5.74, 6) is 4.56. The number of benzene rings is 6. The molecule has 288 valence electrons. The molecule has 2 aliphatic rings. The SMILES string of the molecule is CCCC1CCC(c2ccc(OCOc3ccc4ccccc4c3-c3c(C(=O)Oc4ccc(C5CCC(CCC)CC5)cc4)ccc4ccccc34)cc2)CC1. The molecule has 6 aromatic rings. The van der Waals surface area contributed by atoms with Crippen LogP contribution < -0.4 is 14.2 Å². The van der Waals surface area contributed by atoms with Gasteiger partial charge >= 0.3 is 5.97 Å². The molecule has 0 amide bonds. The Morgan fingerprint density at radius 3 is 1.57 bits per heavy atom. The van der Waals surface area contributed by atoms with Gasteiger partial charge < -0.3 is 14.2 Å². The zero-order valence-electron chi connectivity index (χ0n) is 33.2. The number of esters is 1. The lowest BCUT2D eigenvalue weighted by Gasteiger charge is -2.28. The van der Waals surface area contributed by atoms with Crippen LogP contribution in [-0.4, -0.2) is 12.8 Å². The topological polar surface area (TPSA) is 44.8 Å². The highest BCUT2D eigenvalue weighted by molar-refractivity contribution is 6.14. The maximum atomic E-state index is 14.3. The number of hydrogen-bond acceptors (Lipinski definition) is 4. The molecule has 56 heavy (non-hydrogen) atoms. The van der Waals surface area contributed by atoms with Crippen LogP contribution in [-0.2, 0) is 0 Å². The molecule has 4 nitrogen and oxygen atoms in total. The predicted molar refractivity (Wildman–Crippen MR) is 230 cm³/mol. The maximum absolute atomic E-state index is 14.3. The summed E-state index contributed by atoms with van der Waals surface area (Å²) in [7, 11) is 0. The van der Waals surface area contributed by atoms with Gasteiger partial charge in [-0.15, -0.1) is 0 Å². The third-order valence-corrected chi connectivity index (χ3v) is 12.7. The summed E-state index contributed by atoms with van der Waals surface area (Å²) >= 11 is 0. The van der Waals surface area contributed by atoms with Crippen LogP contribution in [0.15, 0.2) is 121 Å². The van der Waals surface area contributed by atoms with E-state index in [1.165, 1.54) is 88.2 Å². The van der Waals surface area contributed by atoms with Crippen molar-refractivity contribution in [3.8, 4) is 28.4 Å². The van der Waals surface area contributed by atoms with E-state index in [2.05, 4.69) is 80.6 Å². The van der Waals surface area contributed by atoms with Crippen LogP contribution in [0.25, 0.3) is 32.7 Å². The van der Waals surface area contributed by atoms with Crippen LogP contribution in [0.4, 0.5) is 0 Å². The van der Waals surface area contributed by atoms with Gasteiger partial charge in [0.1, 0.15) is 17.2 Å². The summed E-state index contributed by atoms with van der Waals surface area (Å²) in [6, 6.07) is 41.2. The molecule has 0 N–H and O–H groups in total. The minimum Gasteiger partial charge on any atom is -0.458 e. The van der Waals surface area contributed by atoms with E-state index in [-0.39, 0.29) is 6.79 Å². The van der Waals surface area contributed by atoms with Crippen molar-refractivity contribution in [2.24, 2.45) is 11.8 Å². The fourth-order valence-corrected chi connectivity index (χ4v) is 9.69. The molecule has 0 radical (unpaired) electrons. The first kappa shape index (κ1) is 37.8. The summed E-state index contributed by atoms with van der Waals surface area (Å²) in [4.78, 5) is 14.3. The largest absolute Gasteiger partial charge is 0.458 e. The van der Waals surface area contributed by atoms with Gasteiger partial charge in [0.15, 0.2) is 0 Å². The van der Waals surface area contributed by atoms with E-state index in [9.17, 15) is 4.79 Å². The van der Waals surface area contributed by atoms with Crippen LogP contribution in [0.1, 0.15) is 124 Å². The molecule has 0 aromatic heterocycles. The Balaban J connectivity index is 1.04. The Morgan fingerprint density at radius 2 is 1.02 bits per heavy atom. The van der Waals surface area contributed by atoms with Crippen molar-refractivity contribution in [1.29, 1.82) is 0 Å². The zero-order chi connectivity index (χ0) is 38.3. The first-order chi connectivity index (χ1) is 27.6. The minimum atomic E-state index is -0.396. The summed E-state index contributed by atoms with van der Waals surface area (Å²) in [6.07, 6.45) is 15.5. The number of hydrogen-bond donors (Lipinski definition) is 0. The van der Waals surface area contributed by atoms with E-state index in [0.29, 0.717) is 28.9 Å². The Kier molecular flexibility index (Phi) is 12.0. The Labute approximate surface area is 333 Å². The summed E-state index contributed by atoms with van der Waals surface area (Å²) in [5.41, 5.74) is 4.87. The third-order valence-electron chi connectivity index (χ3n) is 12.7. The normalized spacial score (nSPS) is 19.8. The summed E-state index contributed by atoms with van der Waals surface area (Å²) in [5, 5.41) is 4.04.